The fourth-order valence-electron chi connectivity index (χ4n) is 2.30. The molecule has 1 aliphatic heterocycles. The molecule has 19 heavy (non-hydrogen) atoms. The summed E-state index contributed by atoms with van der Waals surface area (Å²) in [5, 5.41) is -0.00105. The zero-order valence-electron chi connectivity index (χ0n) is 11.4. The molecule has 0 aliphatic carbocycles. The predicted octanol–water partition coefficient (Wildman–Crippen LogP) is 2.36. The normalized spacial score (nSPS) is 24.3. The van der Waals surface area contributed by atoms with Gasteiger partial charge in [0.05, 0.1) is 17.1 Å². The largest absolute Gasteiger partial charge is 0.377 e. The Bertz CT molecular complexity index is 467. The van der Waals surface area contributed by atoms with Crippen LogP contribution in [0.15, 0.2) is 24.3 Å². The number of Topliss-reactive ketones (excluding diaryl/α,β-unsaturated/α-hetero) is 1. The first-order chi connectivity index (χ1) is 9.11. The number of carbonyl (C=O) groups is 1. The zero-order chi connectivity index (χ0) is 13.8. The van der Waals surface area contributed by atoms with Crippen LogP contribution in [0.1, 0.15) is 36.2 Å². The number of ether oxygens (including phenoxy) is 1. The second-order valence-corrected chi connectivity index (χ2v) is 6.56. The summed E-state index contributed by atoms with van der Waals surface area (Å²) in [4.78, 5) is 12.1. The van der Waals surface area contributed by atoms with E-state index >= 15 is 0 Å². The van der Waals surface area contributed by atoms with Gasteiger partial charge >= 0.3 is 0 Å². The fraction of sp³-hybridized carbons (Fsp3) is 0.533. The van der Waals surface area contributed by atoms with Crippen molar-refractivity contribution < 1.29 is 13.7 Å². The molecule has 0 N–H and O–H groups in total. The van der Waals surface area contributed by atoms with E-state index in [0.717, 1.165) is 12.8 Å². The lowest BCUT2D eigenvalue weighted by atomic mass is 10.1. The molecule has 1 aromatic carbocycles. The van der Waals surface area contributed by atoms with Gasteiger partial charge in [0.15, 0.2) is 5.78 Å². The maximum Gasteiger partial charge on any atom is 0.175 e. The van der Waals surface area contributed by atoms with E-state index in [1.54, 1.807) is 0 Å². The molecule has 104 valence electrons. The molecule has 0 aromatic heterocycles. The van der Waals surface area contributed by atoms with Crippen molar-refractivity contribution in [2.24, 2.45) is 0 Å². The van der Waals surface area contributed by atoms with E-state index in [9.17, 15) is 9.00 Å². The molecule has 0 spiro atoms. The van der Waals surface area contributed by atoms with E-state index in [4.69, 9.17) is 4.74 Å². The number of benzene rings is 1. The summed E-state index contributed by atoms with van der Waals surface area (Å²) in [7, 11) is -1.14. The van der Waals surface area contributed by atoms with Gasteiger partial charge in [0.25, 0.3) is 0 Å². The van der Waals surface area contributed by atoms with Crippen LogP contribution in [-0.2, 0) is 22.0 Å². The molecular formula is C15H20O3S. The summed E-state index contributed by atoms with van der Waals surface area (Å²) in [5.41, 5.74) is 1.85. The van der Waals surface area contributed by atoms with Gasteiger partial charge < -0.3 is 4.74 Å². The van der Waals surface area contributed by atoms with Gasteiger partial charge in [-0.1, -0.05) is 31.2 Å². The number of carbonyl (C=O) groups excluding carboxylic acids is 1. The van der Waals surface area contributed by atoms with Gasteiger partial charge in [0.1, 0.15) is 0 Å². The Morgan fingerprint density at radius 2 is 2.05 bits per heavy atom. The molecule has 3 nitrogen and oxygen atoms in total. The van der Waals surface area contributed by atoms with Crippen LogP contribution in [0.4, 0.5) is 0 Å². The predicted molar refractivity (Wildman–Crippen MR) is 77.0 cm³/mol. The monoisotopic (exact) mass is 280 g/mol. The molecule has 1 saturated heterocycles. The smallest absolute Gasteiger partial charge is 0.175 e. The molecular weight excluding hydrogens is 260 g/mol. The minimum absolute atomic E-state index is 0.00105. The van der Waals surface area contributed by atoms with Crippen molar-refractivity contribution in [3.63, 3.8) is 0 Å². The molecule has 1 aliphatic rings. The standard InChI is InChI=1S/C15H20O3S/c1-3-12-4-6-13(7-5-12)14(16)10-19(17)15-8-9-18-11(15)2/h4-7,11,15H,3,8-10H2,1-2H3. The maximum atomic E-state index is 12.2. The second-order valence-electron chi connectivity index (χ2n) is 4.90. The van der Waals surface area contributed by atoms with Gasteiger partial charge in [-0.05, 0) is 25.3 Å². The van der Waals surface area contributed by atoms with Crippen LogP contribution in [0, 0.1) is 0 Å². The number of rotatable bonds is 5. The highest BCUT2D eigenvalue weighted by atomic mass is 32.2. The lowest BCUT2D eigenvalue weighted by Gasteiger charge is -2.13. The Morgan fingerprint density at radius 3 is 2.58 bits per heavy atom. The van der Waals surface area contributed by atoms with Crippen molar-refractivity contribution in [2.75, 3.05) is 12.4 Å². The van der Waals surface area contributed by atoms with Crippen LogP contribution >= 0.6 is 0 Å². The molecule has 3 atom stereocenters. The van der Waals surface area contributed by atoms with Crippen molar-refractivity contribution in [2.45, 2.75) is 38.0 Å². The molecule has 1 fully saturated rings. The lowest BCUT2D eigenvalue weighted by molar-refractivity contribution is 0.102. The molecule has 4 heteroatoms. The molecule has 1 aromatic rings. The van der Waals surface area contributed by atoms with E-state index < -0.39 is 10.8 Å². The van der Waals surface area contributed by atoms with Crippen LogP contribution in [0.25, 0.3) is 0 Å². The zero-order valence-corrected chi connectivity index (χ0v) is 12.2. The Kier molecular flexibility index (Phi) is 4.88. The second kappa shape index (κ2) is 6.44. The van der Waals surface area contributed by atoms with Crippen LogP contribution in [0.2, 0.25) is 0 Å². The lowest BCUT2D eigenvalue weighted by Crippen LogP contribution is -2.27. The maximum absolute atomic E-state index is 12.2. The number of ketones is 1. The highest BCUT2D eigenvalue weighted by Crippen LogP contribution is 2.19. The van der Waals surface area contributed by atoms with Crippen LogP contribution in [0.5, 0.6) is 0 Å². The average molecular weight is 280 g/mol. The minimum Gasteiger partial charge on any atom is -0.377 e. The summed E-state index contributed by atoms with van der Waals surface area (Å²) in [5.74, 6) is 0.0594. The quantitative estimate of drug-likeness (QED) is 0.778. The summed E-state index contributed by atoms with van der Waals surface area (Å²) < 4.78 is 17.6. The van der Waals surface area contributed by atoms with Gasteiger partial charge in [-0.15, -0.1) is 0 Å². The number of hydrogen-bond acceptors (Lipinski definition) is 3. The third kappa shape index (κ3) is 3.51. The van der Waals surface area contributed by atoms with Crippen LogP contribution in [0.3, 0.4) is 0 Å². The highest BCUT2D eigenvalue weighted by Gasteiger charge is 2.30. The fourth-order valence-corrected chi connectivity index (χ4v) is 3.81. The summed E-state index contributed by atoms with van der Waals surface area (Å²) in [6.07, 6.45) is 1.74. The van der Waals surface area contributed by atoms with Gasteiger partial charge in [-0.2, -0.15) is 0 Å². The van der Waals surface area contributed by atoms with E-state index in [0.29, 0.717) is 12.2 Å². The van der Waals surface area contributed by atoms with Crippen molar-refractivity contribution >= 4 is 16.6 Å². The van der Waals surface area contributed by atoms with Gasteiger partial charge in [-0.25, -0.2) is 0 Å². The molecule has 1 heterocycles. The summed E-state index contributed by atoms with van der Waals surface area (Å²) >= 11 is 0. The molecule has 2 rings (SSSR count). The Hall–Kier alpha value is -1.00. The summed E-state index contributed by atoms with van der Waals surface area (Å²) in [6.45, 7) is 4.65. The van der Waals surface area contributed by atoms with Crippen LogP contribution < -0.4 is 0 Å². The van der Waals surface area contributed by atoms with Crippen LogP contribution in [-0.4, -0.2) is 33.7 Å². The molecule has 0 amide bonds. The van der Waals surface area contributed by atoms with Gasteiger partial charge in [0.2, 0.25) is 0 Å². The summed E-state index contributed by atoms with van der Waals surface area (Å²) in [6, 6.07) is 7.56. The van der Waals surface area contributed by atoms with E-state index in [1.165, 1.54) is 5.56 Å². The third-order valence-corrected chi connectivity index (χ3v) is 5.44. The molecule has 0 saturated carbocycles. The average Bonchev–Trinajstić information content (AvgIpc) is 2.85. The van der Waals surface area contributed by atoms with Crippen molar-refractivity contribution in [1.29, 1.82) is 0 Å². The SMILES string of the molecule is CCc1ccc(C(=O)CS(=O)C2CCOC2C)cc1. The van der Waals surface area contributed by atoms with E-state index in [-0.39, 0.29) is 22.9 Å². The Morgan fingerprint density at radius 1 is 1.37 bits per heavy atom. The van der Waals surface area contributed by atoms with Crippen molar-refractivity contribution in [1.82, 2.24) is 0 Å². The first-order valence-corrected chi connectivity index (χ1v) is 8.11. The van der Waals surface area contributed by atoms with Gasteiger partial charge in [-0.3, -0.25) is 9.00 Å². The Labute approximate surface area is 116 Å². The molecule has 3 unspecified atom stereocenters. The number of hydrogen-bond donors (Lipinski definition) is 0. The minimum atomic E-state index is -1.14. The molecule has 0 bridgehead atoms. The van der Waals surface area contributed by atoms with Crippen molar-refractivity contribution in [3.05, 3.63) is 35.4 Å². The first-order valence-electron chi connectivity index (χ1n) is 6.72. The number of aryl methyl sites for hydroxylation is 1. The third-order valence-electron chi connectivity index (χ3n) is 3.60. The highest BCUT2D eigenvalue weighted by molar-refractivity contribution is 7.86. The Balaban J connectivity index is 1.98. The van der Waals surface area contributed by atoms with E-state index in [1.807, 2.05) is 31.2 Å². The van der Waals surface area contributed by atoms with Gasteiger partial charge in [0, 0.05) is 23.0 Å². The van der Waals surface area contributed by atoms with Crippen molar-refractivity contribution in [3.8, 4) is 0 Å². The van der Waals surface area contributed by atoms with E-state index in [2.05, 4.69) is 6.92 Å². The first kappa shape index (κ1) is 14.4. The molecule has 0 radical (unpaired) electrons. The topological polar surface area (TPSA) is 43.4 Å².